The summed E-state index contributed by atoms with van der Waals surface area (Å²) in [6.45, 7) is 2.31. The van der Waals surface area contributed by atoms with Gasteiger partial charge in [0.05, 0.1) is 39.9 Å². The van der Waals surface area contributed by atoms with Gasteiger partial charge < -0.3 is 19.8 Å². The zero-order valence-corrected chi connectivity index (χ0v) is 23.3. The molecule has 0 aromatic heterocycles. The lowest BCUT2D eigenvalue weighted by Gasteiger charge is -2.39. The van der Waals surface area contributed by atoms with Crippen molar-refractivity contribution >= 4 is 46.8 Å². The number of amides is 3. The maximum Gasteiger partial charge on any atom is 0.251 e. The van der Waals surface area contributed by atoms with Crippen LogP contribution in [0.5, 0.6) is 0 Å². The molecule has 2 fully saturated rings. The van der Waals surface area contributed by atoms with Crippen LogP contribution in [0.25, 0.3) is 0 Å². The highest BCUT2D eigenvalue weighted by Crippen LogP contribution is 2.62. The van der Waals surface area contributed by atoms with E-state index in [9.17, 15) is 19.5 Å². The van der Waals surface area contributed by atoms with E-state index in [1.54, 1.807) is 27.8 Å². The highest BCUT2D eigenvalue weighted by atomic mass is 35.5. The number of aliphatic hydroxyl groups is 1. The third kappa shape index (κ3) is 3.87. The van der Waals surface area contributed by atoms with Gasteiger partial charge in [-0.3, -0.25) is 14.4 Å². The quantitative estimate of drug-likeness (QED) is 0.575. The normalized spacial score (nSPS) is 30.7. The fraction of sp³-hybridized carbons (Fsp3) is 0.367. The highest BCUT2D eigenvalue weighted by molar-refractivity contribution is 8.02. The van der Waals surface area contributed by atoms with Gasteiger partial charge in [-0.15, -0.1) is 11.8 Å². The van der Waals surface area contributed by atoms with Gasteiger partial charge in [-0.05, 0) is 24.1 Å². The molecule has 39 heavy (non-hydrogen) atoms. The van der Waals surface area contributed by atoms with Gasteiger partial charge in [-0.1, -0.05) is 78.4 Å². The first-order valence-corrected chi connectivity index (χ1v) is 14.4. The fourth-order valence-corrected chi connectivity index (χ4v) is 9.05. The minimum Gasteiger partial charge on any atom is -0.394 e. The Balaban J connectivity index is 1.54. The first kappa shape index (κ1) is 26.2. The summed E-state index contributed by atoms with van der Waals surface area (Å²) in [7, 11) is 1.75. The topological polar surface area (TPSA) is 81.2 Å². The molecule has 1 spiro atoms. The number of anilines is 1. The molecule has 6 rings (SSSR count). The Morgan fingerprint density at radius 2 is 1.79 bits per heavy atom. The van der Waals surface area contributed by atoms with Crippen molar-refractivity contribution in [3.63, 3.8) is 0 Å². The third-order valence-electron chi connectivity index (χ3n) is 8.45. The molecule has 2 aromatic rings. The molecule has 202 valence electrons. The van der Waals surface area contributed by atoms with Crippen molar-refractivity contribution in [2.75, 3.05) is 31.6 Å². The van der Waals surface area contributed by atoms with E-state index in [-0.39, 0.29) is 36.1 Å². The van der Waals surface area contributed by atoms with Crippen molar-refractivity contribution in [3.05, 3.63) is 89.0 Å². The zero-order chi connectivity index (χ0) is 27.5. The van der Waals surface area contributed by atoms with Gasteiger partial charge in [-0.25, -0.2) is 0 Å². The van der Waals surface area contributed by atoms with Crippen LogP contribution in [0, 0.1) is 18.8 Å². The molecule has 9 heteroatoms. The van der Waals surface area contributed by atoms with Gasteiger partial charge in [0.2, 0.25) is 11.8 Å². The Kier molecular flexibility index (Phi) is 6.60. The average molecular weight is 564 g/mol. The van der Waals surface area contributed by atoms with Crippen LogP contribution in [0.15, 0.2) is 72.8 Å². The summed E-state index contributed by atoms with van der Waals surface area (Å²) in [5, 5.41) is 10.9. The molecule has 4 aliphatic rings. The lowest BCUT2D eigenvalue weighted by Crippen LogP contribution is -2.54. The summed E-state index contributed by atoms with van der Waals surface area (Å²) in [5.41, 5.74) is 2.18. The predicted octanol–water partition coefficient (Wildman–Crippen LogP) is 3.61. The molecule has 0 saturated carbocycles. The number of aliphatic hydroxyl groups excluding tert-OH is 1. The minimum atomic E-state index is -0.978. The number of benzene rings is 2. The number of carbonyl (C=O) groups excluding carboxylic acids is 3. The molecular formula is C30H30ClN3O4S. The number of hydrogen-bond donors (Lipinski definition) is 1. The number of nitrogens with zero attached hydrogens (tertiary/aromatic N) is 3. The Bertz CT molecular complexity index is 1380. The van der Waals surface area contributed by atoms with Crippen molar-refractivity contribution in [2.24, 2.45) is 11.8 Å². The van der Waals surface area contributed by atoms with E-state index < -0.39 is 28.7 Å². The maximum absolute atomic E-state index is 14.7. The molecule has 1 unspecified atom stereocenters. The highest BCUT2D eigenvalue weighted by Gasteiger charge is 2.71. The predicted molar refractivity (Wildman–Crippen MR) is 152 cm³/mol. The standard InChI is InChI=1S/C30H30ClN3O4S/c1-18-9-6-12-20(31)25(18)33-16-8-14-30-24(23-22(39-30)13-7-15-32(2)27(23)36)28(37)34(26(30)29(33)38)21(17-35)19-10-4-3-5-11-19/h3-14,21-24,26,35H,15-17H2,1-2H3/t21-,22-,23+,24+,26?,30+/m1/s1. The Morgan fingerprint density at radius 1 is 1.03 bits per heavy atom. The number of halogens is 1. The van der Waals surface area contributed by atoms with Crippen LogP contribution in [-0.2, 0) is 14.4 Å². The number of rotatable bonds is 4. The van der Waals surface area contributed by atoms with Crippen LogP contribution in [0.3, 0.4) is 0 Å². The molecule has 0 bridgehead atoms. The van der Waals surface area contributed by atoms with Crippen molar-refractivity contribution in [1.82, 2.24) is 9.80 Å². The molecule has 7 nitrogen and oxygen atoms in total. The number of carbonyl (C=O) groups is 3. The third-order valence-corrected chi connectivity index (χ3v) is 10.5. The number of fused-ring (bicyclic) bond motifs is 2. The Hall–Kier alpha value is -3.07. The van der Waals surface area contributed by atoms with Crippen molar-refractivity contribution < 1.29 is 19.5 Å². The number of likely N-dealkylation sites (N-methyl/N-ethyl adjacent to an activating group) is 1. The monoisotopic (exact) mass is 563 g/mol. The second kappa shape index (κ2) is 9.84. The molecule has 2 saturated heterocycles. The Morgan fingerprint density at radius 3 is 2.51 bits per heavy atom. The lowest BCUT2D eigenvalue weighted by molar-refractivity contribution is -0.144. The van der Waals surface area contributed by atoms with E-state index in [0.29, 0.717) is 17.3 Å². The zero-order valence-electron chi connectivity index (χ0n) is 21.7. The molecular weight excluding hydrogens is 534 g/mol. The van der Waals surface area contributed by atoms with E-state index in [1.807, 2.05) is 73.7 Å². The van der Waals surface area contributed by atoms with Crippen LogP contribution in [0.1, 0.15) is 17.2 Å². The summed E-state index contributed by atoms with van der Waals surface area (Å²) in [6.07, 6.45) is 7.88. The average Bonchev–Trinajstić information content (AvgIpc) is 3.25. The minimum absolute atomic E-state index is 0.0996. The largest absolute Gasteiger partial charge is 0.394 e. The van der Waals surface area contributed by atoms with Gasteiger partial charge in [-0.2, -0.15) is 0 Å². The molecule has 1 N–H and O–H groups in total. The first-order valence-electron chi connectivity index (χ1n) is 13.1. The molecule has 4 heterocycles. The van der Waals surface area contributed by atoms with Gasteiger partial charge in [0.1, 0.15) is 6.04 Å². The Labute approximate surface area is 237 Å². The molecule has 0 radical (unpaired) electrons. The smallest absolute Gasteiger partial charge is 0.251 e. The van der Waals surface area contributed by atoms with Crippen LogP contribution in [-0.4, -0.2) is 75.4 Å². The summed E-state index contributed by atoms with van der Waals surface area (Å²) in [4.78, 5) is 47.8. The van der Waals surface area contributed by atoms with E-state index in [4.69, 9.17) is 11.6 Å². The van der Waals surface area contributed by atoms with E-state index in [0.717, 1.165) is 11.1 Å². The van der Waals surface area contributed by atoms with Crippen molar-refractivity contribution in [1.29, 1.82) is 0 Å². The van der Waals surface area contributed by atoms with E-state index in [2.05, 4.69) is 0 Å². The summed E-state index contributed by atoms with van der Waals surface area (Å²) in [5.74, 6) is -2.01. The van der Waals surface area contributed by atoms with Crippen molar-refractivity contribution in [3.8, 4) is 0 Å². The summed E-state index contributed by atoms with van der Waals surface area (Å²) in [6, 6.07) is 13.1. The van der Waals surface area contributed by atoms with Crippen molar-refractivity contribution in [2.45, 2.75) is 29.0 Å². The van der Waals surface area contributed by atoms with Crippen LogP contribution in [0.4, 0.5) is 5.69 Å². The number of likely N-dealkylation sites (tertiary alicyclic amines) is 1. The van der Waals surface area contributed by atoms with E-state index in [1.165, 1.54) is 11.8 Å². The molecule has 4 aliphatic heterocycles. The molecule has 3 amide bonds. The SMILES string of the molecule is Cc1cccc(Cl)c1N1CC=C[C@]23S[C@@H]4C=CCN(C)C(=O)[C@@H]4[C@H]2C(=O)N([C@H](CO)c2ccccc2)C3C1=O. The number of aryl methyl sites for hydroxylation is 1. The van der Waals surface area contributed by atoms with Crippen LogP contribution in [0.2, 0.25) is 5.02 Å². The fourth-order valence-electron chi connectivity index (χ4n) is 6.73. The van der Waals surface area contributed by atoms with Crippen LogP contribution < -0.4 is 4.90 Å². The van der Waals surface area contributed by atoms with Gasteiger partial charge in [0, 0.05) is 25.4 Å². The van der Waals surface area contributed by atoms with Gasteiger partial charge in [0.25, 0.3) is 5.91 Å². The molecule has 2 aromatic carbocycles. The first-order chi connectivity index (χ1) is 18.8. The van der Waals surface area contributed by atoms with E-state index >= 15 is 0 Å². The van der Waals surface area contributed by atoms with Gasteiger partial charge in [0.15, 0.2) is 0 Å². The second-order valence-corrected chi connectivity index (χ2v) is 12.5. The maximum atomic E-state index is 14.7. The molecule has 6 atom stereocenters. The molecule has 0 aliphatic carbocycles. The summed E-state index contributed by atoms with van der Waals surface area (Å²) < 4.78 is -0.978. The van der Waals surface area contributed by atoms with Crippen LogP contribution >= 0.6 is 23.4 Å². The second-order valence-electron chi connectivity index (χ2n) is 10.6. The summed E-state index contributed by atoms with van der Waals surface area (Å²) >= 11 is 8.16. The van der Waals surface area contributed by atoms with Gasteiger partial charge >= 0.3 is 0 Å². The number of hydrogen-bond acceptors (Lipinski definition) is 5. The lowest BCUT2D eigenvalue weighted by atomic mass is 9.78. The number of thioether (sulfide) groups is 1. The number of para-hydroxylation sites is 1.